The highest BCUT2D eigenvalue weighted by atomic mass is 32.1. The zero-order chi connectivity index (χ0) is 30.7. The van der Waals surface area contributed by atoms with Crippen molar-refractivity contribution in [1.29, 1.82) is 0 Å². The van der Waals surface area contributed by atoms with Crippen molar-refractivity contribution in [2.24, 2.45) is 10.2 Å². The van der Waals surface area contributed by atoms with E-state index < -0.39 is 7.26 Å². The van der Waals surface area contributed by atoms with E-state index in [0.717, 1.165) is 11.3 Å². The Bertz CT molecular complexity index is 1460. The predicted octanol–water partition coefficient (Wildman–Crippen LogP) is 4.34. The van der Waals surface area contributed by atoms with Crippen LogP contribution in [0, 0.1) is 0 Å². The molecule has 4 aromatic carbocycles. The van der Waals surface area contributed by atoms with E-state index in [0.29, 0.717) is 27.9 Å². The second-order valence-corrected chi connectivity index (χ2v) is 14.2. The Morgan fingerprint density at radius 2 is 1.14 bits per heavy atom. The van der Waals surface area contributed by atoms with E-state index in [1.807, 2.05) is 50.2 Å². The number of thiocarbonyl (C=S) groups is 2. The lowest BCUT2D eigenvalue weighted by Gasteiger charge is -2.28. The lowest BCUT2D eigenvalue weighted by atomic mass is 10.1. The van der Waals surface area contributed by atoms with Crippen molar-refractivity contribution in [1.82, 2.24) is 21.5 Å². The van der Waals surface area contributed by atoms with Gasteiger partial charge in [-0.25, -0.2) is 0 Å². The molecule has 0 unspecified atom stereocenters. The molecule has 0 saturated heterocycles. The Labute approximate surface area is 265 Å². The zero-order valence-corrected chi connectivity index (χ0v) is 27.3. The average molecular weight is 627 g/mol. The summed E-state index contributed by atoms with van der Waals surface area (Å²) in [6.07, 6.45) is 0.621. The molecule has 0 aliphatic heterocycles. The highest BCUT2D eigenvalue weighted by molar-refractivity contribution is 7.95. The number of nitrogens with one attached hydrogen (secondary N) is 4. The number of hydrazone groups is 2. The molecule has 4 aromatic rings. The molecule has 0 aliphatic carbocycles. The molecule has 0 aliphatic rings. The molecule has 220 valence electrons. The van der Waals surface area contributed by atoms with Gasteiger partial charge in [0.2, 0.25) is 0 Å². The highest BCUT2D eigenvalue weighted by Gasteiger charge is 2.45. The predicted molar refractivity (Wildman–Crippen MR) is 194 cm³/mol. The van der Waals surface area contributed by atoms with Gasteiger partial charge < -0.3 is 15.5 Å². The Kier molecular flexibility index (Phi) is 11.3. The SMILES string of the molecule is CNC(=S)NN=C(C(C)=NNC(=S)NC[P+](c1ccccc1)(c1ccccc1)c1ccccc1)c1ccc(N(C)C)cc1. The second-order valence-electron chi connectivity index (χ2n) is 9.88. The lowest BCUT2D eigenvalue weighted by molar-refractivity contribution is 0.956. The van der Waals surface area contributed by atoms with Crippen molar-refractivity contribution in [3.8, 4) is 0 Å². The van der Waals surface area contributed by atoms with E-state index in [2.05, 4.69) is 123 Å². The van der Waals surface area contributed by atoms with Crippen molar-refractivity contribution in [3.05, 3.63) is 121 Å². The van der Waals surface area contributed by atoms with Gasteiger partial charge in [-0.3, -0.25) is 10.9 Å². The number of nitrogens with zero attached hydrogens (tertiary/aromatic N) is 3. The summed E-state index contributed by atoms with van der Waals surface area (Å²) in [7, 11) is 3.65. The van der Waals surface area contributed by atoms with Gasteiger partial charge in [0.1, 0.15) is 35.2 Å². The minimum atomic E-state index is -2.11. The largest absolute Gasteiger partial charge is 0.378 e. The minimum Gasteiger partial charge on any atom is -0.378 e. The van der Waals surface area contributed by atoms with Crippen LogP contribution < -0.4 is 42.3 Å². The molecular weight excluding hydrogens is 590 g/mol. The summed E-state index contributed by atoms with van der Waals surface area (Å²) in [4.78, 5) is 2.05. The van der Waals surface area contributed by atoms with Gasteiger partial charge in [-0.2, -0.15) is 10.2 Å². The number of benzene rings is 4. The normalized spacial score (nSPS) is 11.8. The van der Waals surface area contributed by atoms with E-state index in [1.54, 1.807) is 7.05 Å². The van der Waals surface area contributed by atoms with Gasteiger partial charge in [0.05, 0.1) is 5.71 Å². The zero-order valence-electron chi connectivity index (χ0n) is 24.8. The third-order valence-corrected chi connectivity index (χ3v) is 11.6. The van der Waals surface area contributed by atoms with Crippen LogP contribution in [0.1, 0.15) is 12.5 Å². The Balaban J connectivity index is 1.61. The maximum atomic E-state index is 5.76. The van der Waals surface area contributed by atoms with Gasteiger partial charge in [0, 0.05) is 32.4 Å². The summed E-state index contributed by atoms with van der Waals surface area (Å²) in [5.74, 6) is 0. The number of rotatable bonds is 10. The molecular formula is C33H37N7PS2+. The van der Waals surface area contributed by atoms with Crippen molar-refractivity contribution in [2.45, 2.75) is 6.92 Å². The summed E-state index contributed by atoms with van der Waals surface area (Å²) < 4.78 is 0. The van der Waals surface area contributed by atoms with Gasteiger partial charge in [0.25, 0.3) is 0 Å². The van der Waals surface area contributed by atoms with Gasteiger partial charge in [0.15, 0.2) is 10.2 Å². The first-order valence-electron chi connectivity index (χ1n) is 13.8. The van der Waals surface area contributed by atoms with Crippen LogP contribution in [-0.2, 0) is 0 Å². The molecule has 0 bridgehead atoms. The lowest BCUT2D eigenvalue weighted by Crippen LogP contribution is -2.42. The Morgan fingerprint density at radius 1 is 0.674 bits per heavy atom. The first kappa shape index (κ1) is 31.8. The standard InChI is InChI=1S/C33H36N7PS2/c1-25(31(37-38-32(42)34-2)26-20-22-27(23-21-26)40(3)4)36-39-33(43)35-24-41(28-14-8-5-9-15-28,29-16-10-6-11-17-29)30-18-12-7-13-19-30/h5-23H,24H2,1-4H3,(H3-,34,35,36,37,38,39,42,43)/p+1. The smallest absolute Gasteiger partial charge is 0.189 e. The van der Waals surface area contributed by atoms with Crippen LogP contribution in [0.15, 0.2) is 125 Å². The van der Waals surface area contributed by atoms with Crippen molar-refractivity contribution >= 4 is 74.9 Å². The number of hydrogen-bond donors (Lipinski definition) is 4. The van der Waals surface area contributed by atoms with Crippen molar-refractivity contribution < 1.29 is 0 Å². The molecule has 0 saturated carbocycles. The third-order valence-electron chi connectivity index (χ3n) is 6.89. The van der Waals surface area contributed by atoms with E-state index >= 15 is 0 Å². The summed E-state index contributed by atoms with van der Waals surface area (Å²) in [6.45, 7) is 1.88. The molecule has 0 heterocycles. The quantitative estimate of drug-likeness (QED) is 0.0904. The highest BCUT2D eigenvalue weighted by Crippen LogP contribution is 2.54. The molecule has 0 aromatic heterocycles. The first-order valence-corrected chi connectivity index (χ1v) is 16.6. The van der Waals surface area contributed by atoms with Crippen molar-refractivity contribution in [2.75, 3.05) is 32.3 Å². The molecule has 0 spiro atoms. The number of anilines is 1. The van der Waals surface area contributed by atoms with E-state index in [9.17, 15) is 0 Å². The molecule has 0 amide bonds. The summed E-state index contributed by atoms with van der Waals surface area (Å²) in [6, 6.07) is 40.1. The fourth-order valence-electron chi connectivity index (χ4n) is 4.62. The van der Waals surface area contributed by atoms with E-state index in [-0.39, 0.29) is 0 Å². The van der Waals surface area contributed by atoms with Crippen LogP contribution >= 0.6 is 31.7 Å². The van der Waals surface area contributed by atoms with Gasteiger partial charge in [-0.05, 0) is 79.9 Å². The molecule has 10 heteroatoms. The summed E-state index contributed by atoms with van der Waals surface area (Å²) in [5, 5.41) is 20.2. The average Bonchev–Trinajstić information content (AvgIpc) is 3.05. The molecule has 7 nitrogen and oxygen atoms in total. The Hall–Kier alpha value is -4.17. The Morgan fingerprint density at radius 3 is 1.58 bits per heavy atom. The fraction of sp³-hybridized carbons (Fsp3) is 0.152. The minimum absolute atomic E-state index is 0.406. The van der Waals surface area contributed by atoms with Crippen LogP contribution in [0.5, 0.6) is 0 Å². The molecule has 0 radical (unpaired) electrons. The van der Waals surface area contributed by atoms with Crippen molar-refractivity contribution in [3.63, 3.8) is 0 Å². The van der Waals surface area contributed by atoms with Gasteiger partial charge in [-0.15, -0.1) is 0 Å². The molecule has 43 heavy (non-hydrogen) atoms. The second kappa shape index (κ2) is 15.3. The van der Waals surface area contributed by atoms with E-state index in [1.165, 1.54) is 15.9 Å². The van der Waals surface area contributed by atoms with Gasteiger partial charge in [-0.1, -0.05) is 66.7 Å². The van der Waals surface area contributed by atoms with E-state index in [4.69, 9.17) is 24.4 Å². The number of hydrogen-bond acceptors (Lipinski definition) is 5. The van der Waals surface area contributed by atoms with Crippen LogP contribution in [0.4, 0.5) is 5.69 Å². The summed E-state index contributed by atoms with van der Waals surface area (Å²) in [5.41, 5.74) is 9.19. The maximum Gasteiger partial charge on any atom is 0.189 e. The van der Waals surface area contributed by atoms with Crippen LogP contribution in [-0.4, -0.2) is 49.1 Å². The third kappa shape index (κ3) is 8.02. The van der Waals surface area contributed by atoms with Crippen LogP contribution in [0.25, 0.3) is 0 Å². The molecule has 4 N–H and O–H groups in total. The van der Waals surface area contributed by atoms with Crippen LogP contribution in [0.3, 0.4) is 0 Å². The topological polar surface area (TPSA) is 76.1 Å². The summed E-state index contributed by atoms with van der Waals surface area (Å²) >= 11 is 11.0. The maximum absolute atomic E-state index is 5.76. The molecule has 4 rings (SSSR count). The van der Waals surface area contributed by atoms with Crippen LogP contribution in [0.2, 0.25) is 0 Å². The van der Waals surface area contributed by atoms with Gasteiger partial charge >= 0.3 is 0 Å². The monoisotopic (exact) mass is 626 g/mol. The molecule has 0 atom stereocenters. The first-order chi connectivity index (χ1) is 20.8. The fourth-order valence-corrected chi connectivity index (χ4v) is 8.77. The molecule has 0 fully saturated rings.